The molecule has 0 saturated heterocycles. The van der Waals surface area contributed by atoms with Crippen LogP contribution >= 0.6 is 0 Å². The largest absolute Gasteiger partial charge is 0.207 e. The Labute approximate surface area is 94.7 Å². The second kappa shape index (κ2) is 5.07. The van der Waals surface area contributed by atoms with Crippen molar-refractivity contribution in [1.29, 1.82) is 5.26 Å². The van der Waals surface area contributed by atoms with Gasteiger partial charge >= 0.3 is 0 Å². The smallest absolute Gasteiger partial charge is 0.129 e. The zero-order valence-electron chi connectivity index (χ0n) is 9.56. The fourth-order valence-corrected chi connectivity index (χ4v) is 1.73. The molecule has 0 bridgehead atoms. The minimum Gasteiger partial charge on any atom is -0.207 e. The molecule has 0 aromatic heterocycles. The first kappa shape index (κ1) is 12.6. The molecule has 0 heterocycles. The molecule has 1 aromatic rings. The standard InChI is InChI=1S/C13H15F2N/c1-3-13(4-2,9-16)8-10-5-6-11(14)7-12(10)15/h5-7H,3-4,8H2,1-2H3. The molecule has 0 N–H and O–H groups in total. The lowest BCUT2D eigenvalue weighted by molar-refractivity contribution is 0.357. The minimum absolute atomic E-state index is 0.336. The Morgan fingerprint density at radius 1 is 1.25 bits per heavy atom. The molecule has 0 aliphatic rings. The van der Waals surface area contributed by atoms with Crippen LogP contribution in [0.2, 0.25) is 0 Å². The van der Waals surface area contributed by atoms with E-state index in [0.29, 0.717) is 24.8 Å². The van der Waals surface area contributed by atoms with Crippen LogP contribution in [0.1, 0.15) is 32.3 Å². The second-order valence-electron chi connectivity index (χ2n) is 4.01. The van der Waals surface area contributed by atoms with Crippen molar-refractivity contribution in [2.24, 2.45) is 5.41 Å². The molecule has 86 valence electrons. The molecule has 0 amide bonds. The average molecular weight is 223 g/mol. The summed E-state index contributed by atoms with van der Waals surface area (Å²) in [6.07, 6.45) is 1.66. The summed E-state index contributed by atoms with van der Waals surface area (Å²) < 4.78 is 26.2. The van der Waals surface area contributed by atoms with E-state index in [1.54, 1.807) is 0 Å². The molecule has 3 heteroatoms. The van der Waals surface area contributed by atoms with Gasteiger partial charge in [-0.2, -0.15) is 5.26 Å². The van der Waals surface area contributed by atoms with Gasteiger partial charge in [0, 0.05) is 6.07 Å². The Balaban J connectivity index is 2.99. The number of rotatable bonds is 4. The topological polar surface area (TPSA) is 23.8 Å². The van der Waals surface area contributed by atoms with Crippen molar-refractivity contribution in [3.63, 3.8) is 0 Å². The Morgan fingerprint density at radius 2 is 1.88 bits per heavy atom. The molecule has 0 saturated carbocycles. The van der Waals surface area contributed by atoms with Gasteiger partial charge in [0.1, 0.15) is 11.6 Å². The van der Waals surface area contributed by atoms with Gasteiger partial charge < -0.3 is 0 Å². The SMILES string of the molecule is CCC(C#N)(CC)Cc1ccc(F)cc1F. The molecule has 16 heavy (non-hydrogen) atoms. The third kappa shape index (κ3) is 2.57. The molecular formula is C13H15F2N. The summed E-state index contributed by atoms with van der Waals surface area (Å²) in [7, 11) is 0. The van der Waals surface area contributed by atoms with E-state index in [1.807, 2.05) is 13.8 Å². The number of nitriles is 1. The van der Waals surface area contributed by atoms with Crippen LogP contribution in [0.25, 0.3) is 0 Å². The van der Waals surface area contributed by atoms with E-state index in [-0.39, 0.29) is 0 Å². The lowest BCUT2D eigenvalue weighted by Gasteiger charge is -2.23. The third-order valence-electron chi connectivity index (χ3n) is 3.13. The predicted molar refractivity (Wildman–Crippen MR) is 58.7 cm³/mol. The first-order valence-corrected chi connectivity index (χ1v) is 5.42. The minimum atomic E-state index is -0.586. The summed E-state index contributed by atoms with van der Waals surface area (Å²) in [5.74, 6) is -1.15. The first-order chi connectivity index (χ1) is 7.56. The van der Waals surface area contributed by atoms with E-state index in [0.717, 1.165) is 6.07 Å². The number of halogens is 2. The Bertz CT molecular complexity index is 403. The van der Waals surface area contributed by atoms with Crippen LogP contribution in [0.5, 0.6) is 0 Å². The molecular weight excluding hydrogens is 208 g/mol. The van der Waals surface area contributed by atoms with Crippen molar-refractivity contribution in [3.05, 3.63) is 35.4 Å². The van der Waals surface area contributed by atoms with Crippen molar-refractivity contribution >= 4 is 0 Å². The van der Waals surface area contributed by atoms with E-state index in [1.165, 1.54) is 12.1 Å². The molecule has 0 atom stereocenters. The summed E-state index contributed by atoms with van der Waals surface area (Å²) in [6.45, 7) is 3.82. The molecule has 0 spiro atoms. The van der Waals surface area contributed by atoms with Crippen molar-refractivity contribution in [2.45, 2.75) is 33.1 Å². The summed E-state index contributed by atoms with van der Waals surface area (Å²) in [5.41, 5.74) is -0.134. The molecule has 0 aliphatic carbocycles. The van der Waals surface area contributed by atoms with Gasteiger partial charge in [0.15, 0.2) is 0 Å². The highest BCUT2D eigenvalue weighted by Gasteiger charge is 2.27. The number of hydrogen-bond acceptors (Lipinski definition) is 1. The van der Waals surface area contributed by atoms with Crippen LogP contribution in [0.15, 0.2) is 18.2 Å². The van der Waals surface area contributed by atoms with Crippen LogP contribution in [0, 0.1) is 28.4 Å². The summed E-state index contributed by atoms with van der Waals surface area (Å²) in [4.78, 5) is 0. The zero-order valence-corrected chi connectivity index (χ0v) is 9.56. The van der Waals surface area contributed by atoms with Crippen molar-refractivity contribution in [2.75, 3.05) is 0 Å². The van der Waals surface area contributed by atoms with E-state index in [9.17, 15) is 8.78 Å². The van der Waals surface area contributed by atoms with Gasteiger partial charge in [0.25, 0.3) is 0 Å². The number of benzene rings is 1. The van der Waals surface area contributed by atoms with Crippen LogP contribution < -0.4 is 0 Å². The molecule has 0 unspecified atom stereocenters. The third-order valence-corrected chi connectivity index (χ3v) is 3.13. The molecule has 1 nitrogen and oxygen atoms in total. The normalized spacial score (nSPS) is 11.2. The first-order valence-electron chi connectivity index (χ1n) is 5.42. The lowest BCUT2D eigenvalue weighted by atomic mass is 9.78. The van der Waals surface area contributed by atoms with Gasteiger partial charge in [-0.1, -0.05) is 19.9 Å². The van der Waals surface area contributed by atoms with Gasteiger partial charge in [-0.05, 0) is 30.9 Å². The van der Waals surface area contributed by atoms with E-state index in [4.69, 9.17) is 5.26 Å². The maximum atomic E-state index is 13.4. The Hall–Kier alpha value is -1.43. The van der Waals surface area contributed by atoms with Crippen LogP contribution in [0.4, 0.5) is 8.78 Å². The maximum absolute atomic E-state index is 13.4. The number of hydrogen-bond donors (Lipinski definition) is 0. The summed E-state index contributed by atoms with van der Waals surface area (Å²) in [6, 6.07) is 5.76. The van der Waals surface area contributed by atoms with Crippen LogP contribution in [0.3, 0.4) is 0 Å². The lowest BCUT2D eigenvalue weighted by Crippen LogP contribution is -2.20. The van der Waals surface area contributed by atoms with Crippen molar-refractivity contribution in [3.8, 4) is 6.07 Å². The van der Waals surface area contributed by atoms with Gasteiger partial charge in [-0.25, -0.2) is 8.78 Å². The van der Waals surface area contributed by atoms with E-state index >= 15 is 0 Å². The van der Waals surface area contributed by atoms with Gasteiger partial charge in [-0.15, -0.1) is 0 Å². The van der Waals surface area contributed by atoms with Gasteiger partial charge in [-0.3, -0.25) is 0 Å². The van der Waals surface area contributed by atoms with Crippen LogP contribution in [-0.2, 0) is 6.42 Å². The quantitative estimate of drug-likeness (QED) is 0.760. The molecule has 1 aromatic carbocycles. The summed E-state index contributed by atoms with van der Waals surface area (Å²) >= 11 is 0. The molecule has 0 aliphatic heterocycles. The maximum Gasteiger partial charge on any atom is 0.129 e. The summed E-state index contributed by atoms with van der Waals surface area (Å²) in [5, 5.41) is 9.14. The fraction of sp³-hybridized carbons (Fsp3) is 0.462. The van der Waals surface area contributed by atoms with E-state index < -0.39 is 17.0 Å². The Kier molecular flexibility index (Phi) is 4.00. The highest BCUT2D eigenvalue weighted by atomic mass is 19.1. The fourth-order valence-electron chi connectivity index (χ4n) is 1.73. The van der Waals surface area contributed by atoms with E-state index in [2.05, 4.69) is 6.07 Å². The predicted octanol–water partition coefficient (Wildman–Crippen LogP) is 3.84. The average Bonchev–Trinajstić information content (AvgIpc) is 2.29. The zero-order chi connectivity index (χ0) is 12.2. The highest BCUT2D eigenvalue weighted by molar-refractivity contribution is 5.22. The molecule has 0 radical (unpaired) electrons. The monoisotopic (exact) mass is 223 g/mol. The Morgan fingerprint density at radius 3 is 2.31 bits per heavy atom. The number of nitrogens with zero attached hydrogens (tertiary/aromatic N) is 1. The van der Waals surface area contributed by atoms with Crippen molar-refractivity contribution in [1.82, 2.24) is 0 Å². The van der Waals surface area contributed by atoms with Gasteiger partial charge in [0.05, 0.1) is 11.5 Å². The van der Waals surface area contributed by atoms with Gasteiger partial charge in [0.2, 0.25) is 0 Å². The van der Waals surface area contributed by atoms with Crippen LogP contribution in [-0.4, -0.2) is 0 Å². The van der Waals surface area contributed by atoms with Crippen molar-refractivity contribution < 1.29 is 8.78 Å². The molecule has 1 rings (SSSR count). The molecule has 0 fully saturated rings. The highest BCUT2D eigenvalue weighted by Crippen LogP contribution is 2.31. The second-order valence-corrected chi connectivity index (χ2v) is 4.01.